The second-order valence-corrected chi connectivity index (χ2v) is 4.72. The van der Waals surface area contributed by atoms with Gasteiger partial charge in [-0.3, -0.25) is 4.79 Å². The molecule has 0 aliphatic heterocycles. The fraction of sp³-hybridized carbons (Fsp3) is 0.917. The summed E-state index contributed by atoms with van der Waals surface area (Å²) in [6, 6.07) is -0.109. The second kappa shape index (κ2) is 5.64. The number of carbonyl (C=O) groups is 1. The van der Waals surface area contributed by atoms with Gasteiger partial charge in [0.05, 0.1) is 12.1 Å². The maximum absolute atomic E-state index is 12.0. The zero-order valence-corrected chi connectivity index (χ0v) is 10.5. The van der Waals surface area contributed by atoms with Crippen molar-refractivity contribution < 1.29 is 14.6 Å². The molecular formula is C12H23NO3. The highest BCUT2D eigenvalue weighted by atomic mass is 16.5. The number of amides is 1. The highest BCUT2D eigenvalue weighted by Crippen LogP contribution is 2.20. The van der Waals surface area contributed by atoms with Crippen LogP contribution in [0.4, 0.5) is 0 Å². The van der Waals surface area contributed by atoms with Gasteiger partial charge in [-0.25, -0.2) is 0 Å². The Morgan fingerprint density at radius 3 is 2.62 bits per heavy atom. The van der Waals surface area contributed by atoms with Gasteiger partial charge < -0.3 is 15.2 Å². The molecule has 16 heavy (non-hydrogen) atoms. The minimum absolute atomic E-state index is 0.109. The molecular weight excluding hydrogens is 206 g/mol. The van der Waals surface area contributed by atoms with Gasteiger partial charge in [0.2, 0.25) is 0 Å². The number of aliphatic hydroxyl groups excluding tert-OH is 1. The molecule has 1 unspecified atom stereocenters. The van der Waals surface area contributed by atoms with Crippen molar-refractivity contribution in [3.8, 4) is 0 Å². The molecule has 94 valence electrons. The van der Waals surface area contributed by atoms with E-state index in [1.165, 1.54) is 0 Å². The molecule has 4 heteroatoms. The summed E-state index contributed by atoms with van der Waals surface area (Å²) < 4.78 is 5.23. The quantitative estimate of drug-likeness (QED) is 0.762. The van der Waals surface area contributed by atoms with Crippen molar-refractivity contribution in [3.05, 3.63) is 0 Å². The van der Waals surface area contributed by atoms with Crippen LogP contribution in [0.1, 0.15) is 46.0 Å². The number of hydrogen-bond acceptors (Lipinski definition) is 3. The maximum atomic E-state index is 12.0. The average molecular weight is 229 g/mol. The summed E-state index contributed by atoms with van der Waals surface area (Å²) in [7, 11) is 1.54. The van der Waals surface area contributed by atoms with Gasteiger partial charge in [0, 0.05) is 7.11 Å². The van der Waals surface area contributed by atoms with E-state index in [0.717, 1.165) is 25.7 Å². The van der Waals surface area contributed by atoms with Crippen LogP contribution < -0.4 is 5.32 Å². The lowest BCUT2D eigenvalue weighted by molar-refractivity contribution is -0.143. The topological polar surface area (TPSA) is 58.6 Å². The molecule has 0 saturated heterocycles. The van der Waals surface area contributed by atoms with Gasteiger partial charge in [0.15, 0.2) is 0 Å². The van der Waals surface area contributed by atoms with E-state index >= 15 is 0 Å². The van der Waals surface area contributed by atoms with Crippen molar-refractivity contribution in [1.29, 1.82) is 0 Å². The Bertz CT molecular complexity index is 238. The van der Waals surface area contributed by atoms with Crippen LogP contribution in [-0.2, 0) is 9.53 Å². The van der Waals surface area contributed by atoms with Crippen LogP contribution in [-0.4, -0.2) is 35.9 Å². The third kappa shape index (κ3) is 2.95. The fourth-order valence-electron chi connectivity index (χ4n) is 2.00. The molecule has 1 saturated carbocycles. The molecule has 1 rings (SSSR count). The highest BCUT2D eigenvalue weighted by Gasteiger charge is 2.34. The Hall–Kier alpha value is -0.610. The van der Waals surface area contributed by atoms with Gasteiger partial charge in [-0.1, -0.05) is 19.8 Å². The Balaban J connectivity index is 2.55. The summed E-state index contributed by atoms with van der Waals surface area (Å²) >= 11 is 0. The number of aliphatic hydroxyl groups is 1. The predicted molar refractivity (Wildman–Crippen MR) is 62.1 cm³/mol. The number of carbonyl (C=O) groups excluding carboxylic acids is 1. The van der Waals surface area contributed by atoms with Crippen LogP contribution in [0, 0.1) is 0 Å². The molecule has 1 amide bonds. The van der Waals surface area contributed by atoms with Crippen LogP contribution in [0.5, 0.6) is 0 Å². The zero-order chi connectivity index (χ0) is 12.2. The van der Waals surface area contributed by atoms with Crippen LogP contribution in [0.3, 0.4) is 0 Å². The molecule has 4 nitrogen and oxygen atoms in total. The molecule has 0 aromatic heterocycles. The van der Waals surface area contributed by atoms with E-state index < -0.39 is 11.7 Å². The molecule has 0 aromatic rings. The summed E-state index contributed by atoms with van der Waals surface area (Å²) in [6.07, 6.45) is 3.96. The Kier molecular flexibility index (Phi) is 4.74. The largest absolute Gasteiger partial charge is 0.391 e. The van der Waals surface area contributed by atoms with E-state index in [4.69, 9.17) is 4.74 Å². The fourth-order valence-corrected chi connectivity index (χ4v) is 2.00. The first kappa shape index (κ1) is 13.5. The third-order valence-corrected chi connectivity index (χ3v) is 3.65. The molecule has 0 aromatic carbocycles. The molecule has 0 bridgehead atoms. The minimum Gasteiger partial charge on any atom is -0.391 e. The monoisotopic (exact) mass is 229 g/mol. The lowest BCUT2D eigenvalue weighted by Gasteiger charge is -2.32. The summed E-state index contributed by atoms with van der Waals surface area (Å²) in [5, 5.41) is 12.7. The highest BCUT2D eigenvalue weighted by molar-refractivity contribution is 5.85. The van der Waals surface area contributed by atoms with Gasteiger partial charge in [0.25, 0.3) is 5.91 Å². The maximum Gasteiger partial charge on any atom is 0.252 e. The summed E-state index contributed by atoms with van der Waals surface area (Å²) in [5.41, 5.74) is -0.781. The van der Waals surface area contributed by atoms with Gasteiger partial charge >= 0.3 is 0 Å². The summed E-state index contributed by atoms with van der Waals surface area (Å²) in [6.45, 7) is 3.69. The van der Waals surface area contributed by atoms with Crippen LogP contribution >= 0.6 is 0 Å². The number of rotatable bonds is 4. The van der Waals surface area contributed by atoms with E-state index in [0.29, 0.717) is 6.42 Å². The molecule has 1 fully saturated rings. The lowest BCUT2D eigenvalue weighted by atomic mass is 9.91. The number of methoxy groups -OCH3 is 1. The standard InChI is InChI=1S/C12H23NO3/c1-4-12(2,16-3)11(15)13-9-7-5-6-8-10(9)14/h9-10,14H,4-8H2,1-3H3,(H,13,15)/t9-,10-,12?/m0/s1. The smallest absolute Gasteiger partial charge is 0.252 e. The number of ether oxygens (including phenoxy) is 1. The predicted octanol–water partition coefficient (Wildman–Crippen LogP) is 1.22. The minimum atomic E-state index is -0.781. The van der Waals surface area contributed by atoms with Crippen LogP contribution in [0.25, 0.3) is 0 Å². The van der Waals surface area contributed by atoms with Gasteiger partial charge in [-0.15, -0.1) is 0 Å². The Morgan fingerprint density at radius 1 is 1.50 bits per heavy atom. The van der Waals surface area contributed by atoms with E-state index in [1.54, 1.807) is 14.0 Å². The van der Waals surface area contributed by atoms with E-state index in [9.17, 15) is 9.90 Å². The molecule has 0 heterocycles. The normalized spacial score (nSPS) is 29.5. The molecule has 1 aliphatic carbocycles. The number of hydrogen-bond donors (Lipinski definition) is 2. The van der Waals surface area contributed by atoms with E-state index in [1.807, 2.05) is 6.92 Å². The van der Waals surface area contributed by atoms with Crippen molar-refractivity contribution in [2.45, 2.75) is 63.7 Å². The summed E-state index contributed by atoms with van der Waals surface area (Å²) in [5.74, 6) is -0.122. The molecule has 0 spiro atoms. The average Bonchev–Trinajstić information content (AvgIpc) is 2.31. The first-order valence-electron chi connectivity index (χ1n) is 6.07. The lowest BCUT2D eigenvalue weighted by Crippen LogP contribution is -2.53. The van der Waals surface area contributed by atoms with Crippen molar-refractivity contribution >= 4 is 5.91 Å². The van der Waals surface area contributed by atoms with Crippen LogP contribution in [0.15, 0.2) is 0 Å². The van der Waals surface area contributed by atoms with Crippen molar-refractivity contribution in [2.24, 2.45) is 0 Å². The zero-order valence-electron chi connectivity index (χ0n) is 10.5. The summed E-state index contributed by atoms with van der Waals surface area (Å²) in [4.78, 5) is 12.0. The first-order chi connectivity index (χ1) is 7.53. The van der Waals surface area contributed by atoms with Crippen molar-refractivity contribution in [1.82, 2.24) is 5.32 Å². The van der Waals surface area contributed by atoms with Gasteiger partial charge in [0.1, 0.15) is 5.60 Å². The van der Waals surface area contributed by atoms with Crippen LogP contribution in [0.2, 0.25) is 0 Å². The molecule has 2 N–H and O–H groups in total. The van der Waals surface area contributed by atoms with E-state index in [-0.39, 0.29) is 11.9 Å². The van der Waals surface area contributed by atoms with E-state index in [2.05, 4.69) is 5.32 Å². The third-order valence-electron chi connectivity index (χ3n) is 3.65. The van der Waals surface area contributed by atoms with Gasteiger partial charge in [-0.05, 0) is 26.2 Å². The SMILES string of the molecule is CCC(C)(OC)C(=O)N[C@H]1CCCC[C@@H]1O. The van der Waals surface area contributed by atoms with Crippen molar-refractivity contribution in [2.75, 3.05) is 7.11 Å². The molecule has 3 atom stereocenters. The Morgan fingerprint density at radius 2 is 2.12 bits per heavy atom. The Labute approximate surface area is 97.4 Å². The first-order valence-corrected chi connectivity index (χ1v) is 6.07. The molecule has 1 aliphatic rings. The number of nitrogens with one attached hydrogen (secondary N) is 1. The second-order valence-electron chi connectivity index (χ2n) is 4.72. The van der Waals surface area contributed by atoms with Gasteiger partial charge in [-0.2, -0.15) is 0 Å². The van der Waals surface area contributed by atoms with Crippen molar-refractivity contribution in [3.63, 3.8) is 0 Å². The molecule has 0 radical (unpaired) electrons.